The molecule has 0 aliphatic heterocycles. The van der Waals surface area contributed by atoms with Gasteiger partial charge in [-0.1, -0.05) is 13.8 Å². The predicted molar refractivity (Wildman–Crippen MR) is 72.4 cm³/mol. The Morgan fingerprint density at radius 3 is 2.35 bits per heavy atom. The van der Waals surface area contributed by atoms with E-state index in [1.165, 1.54) is 5.56 Å². The highest BCUT2D eigenvalue weighted by molar-refractivity contribution is 5.48. The van der Waals surface area contributed by atoms with Gasteiger partial charge in [-0.25, -0.2) is 9.97 Å². The maximum Gasteiger partial charge on any atom is 0.144 e. The number of anilines is 1. The fraction of sp³-hybridized carbons (Fsp3) is 0.692. The number of aryl methyl sites for hydroxylation is 1. The molecule has 96 valence electrons. The standard InChI is InChI=1S/C13H24N4/c1-7-14-13-12(9(2)3)10(4)15-11(16-13)8-17(5)6/h9H,7-8H2,1-6H3,(H,14,15,16). The summed E-state index contributed by atoms with van der Waals surface area (Å²) in [4.78, 5) is 11.3. The van der Waals surface area contributed by atoms with Gasteiger partial charge in [-0.2, -0.15) is 0 Å². The summed E-state index contributed by atoms with van der Waals surface area (Å²) in [6, 6.07) is 0. The van der Waals surface area contributed by atoms with E-state index in [-0.39, 0.29) is 0 Å². The highest BCUT2D eigenvalue weighted by Gasteiger charge is 2.14. The summed E-state index contributed by atoms with van der Waals surface area (Å²) in [6.45, 7) is 10.2. The molecule has 0 saturated carbocycles. The van der Waals surface area contributed by atoms with Gasteiger partial charge in [-0.15, -0.1) is 0 Å². The first-order valence-corrected chi connectivity index (χ1v) is 6.21. The van der Waals surface area contributed by atoms with Gasteiger partial charge in [0.1, 0.15) is 11.6 Å². The van der Waals surface area contributed by atoms with Crippen LogP contribution in [0, 0.1) is 6.92 Å². The Morgan fingerprint density at radius 1 is 1.24 bits per heavy atom. The Bertz CT molecular complexity index is 372. The van der Waals surface area contributed by atoms with E-state index in [0.717, 1.165) is 30.4 Å². The first-order valence-electron chi connectivity index (χ1n) is 6.21. The van der Waals surface area contributed by atoms with Gasteiger partial charge in [0.2, 0.25) is 0 Å². The van der Waals surface area contributed by atoms with Gasteiger partial charge in [0.15, 0.2) is 0 Å². The van der Waals surface area contributed by atoms with Crippen LogP contribution >= 0.6 is 0 Å². The van der Waals surface area contributed by atoms with Crippen LogP contribution in [0.3, 0.4) is 0 Å². The zero-order valence-corrected chi connectivity index (χ0v) is 11.8. The van der Waals surface area contributed by atoms with Crippen LogP contribution in [0.15, 0.2) is 0 Å². The molecule has 17 heavy (non-hydrogen) atoms. The zero-order chi connectivity index (χ0) is 13.0. The second kappa shape index (κ2) is 5.96. The Balaban J connectivity index is 3.15. The molecule has 0 bridgehead atoms. The molecular weight excluding hydrogens is 212 g/mol. The van der Waals surface area contributed by atoms with Crippen molar-refractivity contribution < 1.29 is 0 Å². The molecular formula is C13H24N4. The molecule has 4 nitrogen and oxygen atoms in total. The van der Waals surface area contributed by atoms with Gasteiger partial charge in [-0.05, 0) is 33.9 Å². The zero-order valence-electron chi connectivity index (χ0n) is 11.8. The minimum absolute atomic E-state index is 0.442. The molecule has 0 radical (unpaired) electrons. The Kier molecular flexibility index (Phi) is 4.87. The van der Waals surface area contributed by atoms with Crippen LogP contribution in [0.2, 0.25) is 0 Å². The van der Waals surface area contributed by atoms with Crippen molar-refractivity contribution in [2.24, 2.45) is 0 Å². The Morgan fingerprint density at radius 2 is 1.88 bits per heavy atom. The smallest absolute Gasteiger partial charge is 0.144 e. The van der Waals surface area contributed by atoms with Gasteiger partial charge >= 0.3 is 0 Å². The first-order chi connectivity index (χ1) is 7.95. The van der Waals surface area contributed by atoms with Crippen LogP contribution < -0.4 is 5.32 Å². The van der Waals surface area contributed by atoms with E-state index in [1.807, 2.05) is 14.1 Å². The highest BCUT2D eigenvalue weighted by Crippen LogP contribution is 2.25. The molecule has 1 heterocycles. The van der Waals surface area contributed by atoms with Crippen molar-refractivity contribution >= 4 is 5.82 Å². The van der Waals surface area contributed by atoms with E-state index in [9.17, 15) is 0 Å². The summed E-state index contributed by atoms with van der Waals surface area (Å²) < 4.78 is 0. The third-order valence-electron chi connectivity index (χ3n) is 2.56. The topological polar surface area (TPSA) is 41.1 Å². The molecule has 0 aliphatic rings. The molecule has 1 N–H and O–H groups in total. The van der Waals surface area contributed by atoms with Crippen molar-refractivity contribution in [2.45, 2.75) is 40.2 Å². The summed E-state index contributed by atoms with van der Waals surface area (Å²) in [7, 11) is 4.06. The molecule has 0 amide bonds. The van der Waals surface area contributed by atoms with E-state index in [4.69, 9.17) is 0 Å². The van der Waals surface area contributed by atoms with E-state index < -0.39 is 0 Å². The van der Waals surface area contributed by atoms with E-state index in [2.05, 4.69) is 47.9 Å². The van der Waals surface area contributed by atoms with Crippen molar-refractivity contribution in [3.8, 4) is 0 Å². The van der Waals surface area contributed by atoms with Crippen molar-refractivity contribution in [1.29, 1.82) is 0 Å². The Hall–Kier alpha value is -1.16. The lowest BCUT2D eigenvalue weighted by Gasteiger charge is -2.17. The molecule has 1 aromatic heterocycles. The SMILES string of the molecule is CCNc1nc(CN(C)C)nc(C)c1C(C)C. The maximum absolute atomic E-state index is 4.62. The minimum atomic E-state index is 0.442. The summed E-state index contributed by atoms with van der Waals surface area (Å²) in [5, 5.41) is 3.34. The van der Waals surface area contributed by atoms with Crippen LogP contribution in [-0.2, 0) is 6.54 Å². The average Bonchev–Trinajstić information content (AvgIpc) is 2.15. The van der Waals surface area contributed by atoms with Crippen molar-refractivity contribution in [3.63, 3.8) is 0 Å². The van der Waals surface area contributed by atoms with E-state index in [1.54, 1.807) is 0 Å². The quantitative estimate of drug-likeness (QED) is 0.852. The normalized spacial score (nSPS) is 11.3. The molecule has 0 aromatic carbocycles. The number of aromatic nitrogens is 2. The number of nitrogens with zero attached hydrogens (tertiary/aromatic N) is 3. The van der Waals surface area contributed by atoms with Crippen LogP contribution in [0.5, 0.6) is 0 Å². The second-order valence-electron chi connectivity index (χ2n) is 4.91. The van der Waals surface area contributed by atoms with Gasteiger partial charge < -0.3 is 10.2 Å². The van der Waals surface area contributed by atoms with Crippen molar-refractivity contribution in [2.75, 3.05) is 26.0 Å². The van der Waals surface area contributed by atoms with Crippen molar-refractivity contribution in [3.05, 3.63) is 17.1 Å². The van der Waals surface area contributed by atoms with Gasteiger partial charge in [0, 0.05) is 17.8 Å². The van der Waals surface area contributed by atoms with E-state index in [0.29, 0.717) is 5.92 Å². The average molecular weight is 236 g/mol. The van der Waals surface area contributed by atoms with Crippen LogP contribution in [0.1, 0.15) is 43.8 Å². The molecule has 1 rings (SSSR count). The summed E-state index contributed by atoms with van der Waals surface area (Å²) in [5.41, 5.74) is 2.32. The van der Waals surface area contributed by atoms with Gasteiger partial charge in [-0.3, -0.25) is 0 Å². The third kappa shape index (κ3) is 3.66. The number of hydrogen-bond acceptors (Lipinski definition) is 4. The molecule has 0 saturated heterocycles. The van der Waals surface area contributed by atoms with Crippen LogP contribution in [0.4, 0.5) is 5.82 Å². The molecule has 0 aliphatic carbocycles. The third-order valence-corrected chi connectivity index (χ3v) is 2.56. The van der Waals surface area contributed by atoms with Gasteiger partial charge in [0.25, 0.3) is 0 Å². The molecule has 0 unspecified atom stereocenters. The first kappa shape index (κ1) is 13.9. The fourth-order valence-electron chi connectivity index (χ4n) is 1.99. The highest BCUT2D eigenvalue weighted by atomic mass is 15.1. The van der Waals surface area contributed by atoms with E-state index >= 15 is 0 Å². The molecule has 0 atom stereocenters. The molecule has 1 aromatic rings. The number of hydrogen-bond donors (Lipinski definition) is 1. The lowest BCUT2D eigenvalue weighted by atomic mass is 10.0. The Labute approximate surface area is 104 Å². The lowest BCUT2D eigenvalue weighted by molar-refractivity contribution is 0.390. The predicted octanol–water partition coefficient (Wildman–Crippen LogP) is 2.40. The van der Waals surface area contributed by atoms with Crippen LogP contribution in [-0.4, -0.2) is 35.5 Å². The van der Waals surface area contributed by atoms with Gasteiger partial charge in [0.05, 0.1) is 6.54 Å². The minimum Gasteiger partial charge on any atom is -0.370 e. The van der Waals surface area contributed by atoms with Crippen molar-refractivity contribution in [1.82, 2.24) is 14.9 Å². The van der Waals surface area contributed by atoms with Crippen LogP contribution in [0.25, 0.3) is 0 Å². The summed E-state index contributed by atoms with van der Waals surface area (Å²) in [6.07, 6.45) is 0. The molecule has 4 heteroatoms. The number of nitrogens with one attached hydrogen (secondary N) is 1. The second-order valence-corrected chi connectivity index (χ2v) is 4.91. The lowest BCUT2D eigenvalue weighted by Crippen LogP contribution is -2.17. The summed E-state index contributed by atoms with van der Waals surface area (Å²) >= 11 is 0. The summed E-state index contributed by atoms with van der Waals surface area (Å²) in [5.74, 6) is 2.32. The molecule has 0 fully saturated rings. The monoisotopic (exact) mass is 236 g/mol. The number of rotatable bonds is 5. The maximum atomic E-state index is 4.62. The fourth-order valence-corrected chi connectivity index (χ4v) is 1.99. The molecule has 0 spiro atoms. The largest absolute Gasteiger partial charge is 0.370 e.